The maximum Gasteiger partial charge on any atom is 0.00758 e. The zero-order valence-corrected chi connectivity index (χ0v) is 14.9. The number of hydrogen-bond donors (Lipinski definition) is 0. The summed E-state index contributed by atoms with van der Waals surface area (Å²) in [6.45, 7) is 9.18. The topological polar surface area (TPSA) is 0 Å². The van der Waals surface area contributed by atoms with E-state index in [1.807, 2.05) is 0 Å². The van der Waals surface area contributed by atoms with Gasteiger partial charge in [0.2, 0.25) is 0 Å². The normalized spacial score (nSPS) is 16.3. The van der Waals surface area contributed by atoms with E-state index in [0.717, 1.165) is 0 Å². The van der Waals surface area contributed by atoms with Crippen LogP contribution in [-0.4, -0.2) is 0 Å². The van der Waals surface area contributed by atoms with Crippen molar-refractivity contribution in [2.45, 2.75) is 59.3 Å². The average Bonchev–Trinajstić information content (AvgIpc) is 2.88. The zero-order valence-electron chi connectivity index (χ0n) is 14.9. The molecule has 0 bridgehead atoms. The highest BCUT2D eigenvalue weighted by atomic mass is 14.3. The van der Waals surface area contributed by atoms with Crippen LogP contribution in [0.25, 0.3) is 11.6 Å². The molecule has 0 aliphatic heterocycles. The molecule has 1 aliphatic rings. The molecule has 0 heteroatoms. The summed E-state index contributed by atoms with van der Waals surface area (Å²) in [5, 5.41) is 0. The molecule has 0 nitrogen and oxygen atoms in total. The fraction of sp³-hybridized carbons (Fsp3) is 0.391. The Morgan fingerprint density at radius 1 is 0.913 bits per heavy atom. The van der Waals surface area contributed by atoms with Crippen molar-refractivity contribution < 1.29 is 0 Å². The Kier molecular flexibility index (Phi) is 4.71. The van der Waals surface area contributed by atoms with Gasteiger partial charge in [0.05, 0.1) is 0 Å². The molecule has 0 radical (unpaired) electrons. The van der Waals surface area contributed by atoms with Crippen molar-refractivity contribution in [3.63, 3.8) is 0 Å². The van der Waals surface area contributed by atoms with Crippen LogP contribution in [0.2, 0.25) is 0 Å². The third kappa shape index (κ3) is 2.87. The number of rotatable bonds is 5. The molecule has 1 unspecified atom stereocenters. The van der Waals surface area contributed by atoms with Crippen molar-refractivity contribution >= 4 is 11.6 Å². The molecule has 23 heavy (non-hydrogen) atoms. The fourth-order valence-electron chi connectivity index (χ4n) is 4.13. The van der Waals surface area contributed by atoms with Crippen LogP contribution in [0.15, 0.2) is 36.4 Å². The minimum absolute atomic E-state index is 0.499. The van der Waals surface area contributed by atoms with Crippen molar-refractivity contribution in [3.8, 4) is 0 Å². The van der Waals surface area contributed by atoms with Crippen LogP contribution in [0.3, 0.4) is 0 Å². The molecule has 0 amide bonds. The smallest absolute Gasteiger partial charge is 0.00758 e. The van der Waals surface area contributed by atoms with Crippen LogP contribution in [-0.2, 0) is 12.8 Å². The van der Waals surface area contributed by atoms with Gasteiger partial charge < -0.3 is 0 Å². The predicted molar refractivity (Wildman–Crippen MR) is 102 cm³/mol. The lowest BCUT2D eigenvalue weighted by Gasteiger charge is -2.19. The Bertz CT molecular complexity index is 734. The van der Waals surface area contributed by atoms with Crippen molar-refractivity contribution in [3.05, 3.63) is 69.8 Å². The summed E-state index contributed by atoms with van der Waals surface area (Å²) in [6, 6.07) is 13.6. The van der Waals surface area contributed by atoms with Crippen LogP contribution < -0.4 is 0 Å². The molecule has 2 aromatic carbocycles. The molecule has 0 spiro atoms. The summed E-state index contributed by atoms with van der Waals surface area (Å²) in [5.74, 6) is 0.499. The van der Waals surface area contributed by atoms with Crippen molar-refractivity contribution in [2.75, 3.05) is 0 Å². The second-order valence-corrected chi connectivity index (χ2v) is 6.84. The van der Waals surface area contributed by atoms with Gasteiger partial charge in [0.1, 0.15) is 0 Å². The highest BCUT2D eigenvalue weighted by molar-refractivity contribution is 5.93. The molecule has 120 valence electrons. The summed E-state index contributed by atoms with van der Waals surface area (Å²) >= 11 is 0. The molecule has 3 rings (SSSR count). The Balaban J connectivity index is 2.10. The molecule has 1 atom stereocenters. The van der Waals surface area contributed by atoms with Gasteiger partial charge in [-0.3, -0.25) is 0 Å². The van der Waals surface area contributed by atoms with E-state index in [1.165, 1.54) is 53.5 Å². The number of allylic oxidation sites excluding steroid dienone is 1. The standard InChI is InChI=1S/C23H28/c1-5-9-18-12-8-14-21(20(18)10-6-2)22-15-19-13-7-11-16(3)23(19)17(22)4/h7-8,11-15,17H,5-6,9-10H2,1-4H3. The minimum Gasteiger partial charge on any atom is -0.0651 e. The average molecular weight is 304 g/mol. The Morgan fingerprint density at radius 2 is 1.65 bits per heavy atom. The summed E-state index contributed by atoms with van der Waals surface area (Å²) in [7, 11) is 0. The molecule has 0 N–H and O–H groups in total. The lowest BCUT2D eigenvalue weighted by atomic mass is 9.85. The Hall–Kier alpha value is -1.82. The first-order valence-corrected chi connectivity index (χ1v) is 9.09. The van der Waals surface area contributed by atoms with Gasteiger partial charge >= 0.3 is 0 Å². The number of hydrogen-bond acceptors (Lipinski definition) is 0. The summed E-state index contributed by atoms with van der Waals surface area (Å²) in [5.41, 5.74) is 10.5. The van der Waals surface area contributed by atoms with Crippen molar-refractivity contribution in [1.29, 1.82) is 0 Å². The van der Waals surface area contributed by atoms with Crippen LogP contribution in [0.1, 0.15) is 72.9 Å². The first kappa shape index (κ1) is 16.1. The molecule has 0 fully saturated rings. The summed E-state index contributed by atoms with van der Waals surface area (Å²) < 4.78 is 0. The van der Waals surface area contributed by atoms with E-state index in [2.05, 4.69) is 70.2 Å². The summed E-state index contributed by atoms with van der Waals surface area (Å²) in [6.07, 6.45) is 7.23. The van der Waals surface area contributed by atoms with Gasteiger partial charge in [-0.1, -0.05) is 76.1 Å². The quantitative estimate of drug-likeness (QED) is 0.587. The fourth-order valence-corrected chi connectivity index (χ4v) is 4.13. The van der Waals surface area contributed by atoms with Crippen molar-refractivity contribution in [1.82, 2.24) is 0 Å². The van der Waals surface area contributed by atoms with Gasteiger partial charge in [-0.05, 0) is 58.7 Å². The van der Waals surface area contributed by atoms with Crippen LogP contribution >= 0.6 is 0 Å². The minimum atomic E-state index is 0.499. The Labute approximate surface area is 141 Å². The molecule has 0 saturated heterocycles. The van der Waals surface area contributed by atoms with Gasteiger partial charge in [-0.25, -0.2) is 0 Å². The van der Waals surface area contributed by atoms with E-state index >= 15 is 0 Å². The van der Waals surface area contributed by atoms with E-state index in [9.17, 15) is 0 Å². The van der Waals surface area contributed by atoms with Gasteiger partial charge in [0.15, 0.2) is 0 Å². The highest BCUT2D eigenvalue weighted by Gasteiger charge is 2.25. The molecule has 1 aliphatic carbocycles. The summed E-state index contributed by atoms with van der Waals surface area (Å²) in [4.78, 5) is 0. The lowest BCUT2D eigenvalue weighted by molar-refractivity contribution is 0.855. The predicted octanol–water partition coefficient (Wildman–Crippen LogP) is 6.56. The van der Waals surface area contributed by atoms with Crippen molar-refractivity contribution in [2.24, 2.45) is 0 Å². The van der Waals surface area contributed by atoms with E-state index in [4.69, 9.17) is 0 Å². The van der Waals surface area contributed by atoms with Gasteiger partial charge in [0.25, 0.3) is 0 Å². The van der Waals surface area contributed by atoms with Gasteiger partial charge in [0, 0.05) is 5.92 Å². The zero-order chi connectivity index (χ0) is 16.4. The maximum atomic E-state index is 2.43. The first-order chi connectivity index (χ1) is 11.2. The third-order valence-electron chi connectivity index (χ3n) is 5.17. The molecular weight excluding hydrogens is 276 g/mol. The number of benzene rings is 2. The monoisotopic (exact) mass is 304 g/mol. The number of fused-ring (bicyclic) bond motifs is 1. The second kappa shape index (κ2) is 6.74. The van der Waals surface area contributed by atoms with E-state index < -0.39 is 0 Å². The van der Waals surface area contributed by atoms with E-state index in [-0.39, 0.29) is 0 Å². The van der Waals surface area contributed by atoms with Gasteiger partial charge in [-0.2, -0.15) is 0 Å². The van der Waals surface area contributed by atoms with Gasteiger partial charge in [-0.15, -0.1) is 0 Å². The molecule has 0 aromatic heterocycles. The largest absolute Gasteiger partial charge is 0.0651 e. The third-order valence-corrected chi connectivity index (χ3v) is 5.17. The molecule has 0 saturated carbocycles. The van der Waals surface area contributed by atoms with E-state index in [0.29, 0.717) is 5.92 Å². The van der Waals surface area contributed by atoms with Crippen LogP contribution in [0.5, 0.6) is 0 Å². The first-order valence-electron chi connectivity index (χ1n) is 9.09. The highest BCUT2D eigenvalue weighted by Crippen LogP contribution is 2.44. The van der Waals surface area contributed by atoms with Crippen LogP contribution in [0, 0.1) is 6.92 Å². The molecular formula is C23H28. The maximum absolute atomic E-state index is 2.43. The SMILES string of the molecule is CCCc1cccc(C2=Cc3cccc(C)c3C2C)c1CCC. The molecule has 2 aromatic rings. The van der Waals surface area contributed by atoms with E-state index in [1.54, 1.807) is 11.1 Å². The molecule has 0 heterocycles. The van der Waals surface area contributed by atoms with Crippen LogP contribution in [0.4, 0.5) is 0 Å². The second-order valence-electron chi connectivity index (χ2n) is 6.84. The lowest BCUT2D eigenvalue weighted by Crippen LogP contribution is -2.03. The number of aryl methyl sites for hydroxylation is 2. The Morgan fingerprint density at radius 3 is 2.35 bits per heavy atom.